The molecule has 0 unspecified atom stereocenters. The van der Waals surface area contributed by atoms with Gasteiger partial charge in [-0.15, -0.1) is 11.3 Å². The van der Waals surface area contributed by atoms with Crippen LogP contribution in [0.25, 0.3) is 22.5 Å². The van der Waals surface area contributed by atoms with Crippen LogP contribution < -0.4 is 5.32 Å². The second-order valence-electron chi connectivity index (χ2n) is 5.78. The minimum Gasteiger partial charge on any atom is -0.359 e. The number of nitrogens with zero attached hydrogens (tertiary/aromatic N) is 2. The van der Waals surface area contributed by atoms with Crippen LogP contribution in [-0.4, -0.2) is 21.0 Å². The van der Waals surface area contributed by atoms with Gasteiger partial charge in [0.2, 0.25) is 0 Å². The lowest BCUT2D eigenvalue weighted by molar-refractivity contribution is 0.0942. The van der Waals surface area contributed by atoms with Gasteiger partial charge in [0.25, 0.3) is 5.91 Å². The third kappa shape index (κ3) is 3.43. The number of carbonyl (C=O) groups excluding carboxylic acids is 1. The summed E-state index contributed by atoms with van der Waals surface area (Å²) in [7, 11) is 0. The lowest BCUT2D eigenvalue weighted by atomic mass is 10.1. The molecule has 3 heterocycles. The molecular formula is C19H16N4O2S. The molecule has 0 spiro atoms. The molecule has 0 saturated heterocycles. The molecule has 0 aliphatic carbocycles. The van der Waals surface area contributed by atoms with Crippen molar-refractivity contribution in [2.24, 2.45) is 0 Å². The van der Waals surface area contributed by atoms with Gasteiger partial charge in [-0.05, 0) is 13.0 Å². The molecule has 7 heteroatoms. The molecule has 0 radical (unpaired) electrons. The predicted octanol–water partition coefficient (Wildman–Crippen LogP) is 4.03. The van der Waals surface area contributed by atoms with Crippen molar-refractivity contribution < 1.29 is 9.32 Å². The van der Waals surface area contributed by atoms with E-state index in [2.05, 4.69) is 20.4 Å². The number of aromatic amines is 1. The van der Waals surface area contributed by atoms with Crippen LogP contribution in [-0.2, 0) is 6.54 Å². The topological polar surface area (TPSA) is 83.8 Å². The van der Waals surface area contributed by atoms with Crippen LogP contribution in [0.2, 0.25) is 0 Å². The number of hydrogen-bond acceptors (Lipinski definition) is 5. The lowest BCUT2D eigenvalue weighted by Crippen LogP contribution is -2.22. The van der Waals surface area contributed by atoms with E-state index in [4.69, 9.17) is 4.52 Å². The molecule has 0 bridgehead atoms. The van der Waals surface area contributed by atoms with E-state index < -0.39 is 0 Å². The van der Waals surface area contributed by atoms with Gasteiger partial charge < -0.3 is 14.8 Å². The van der Waals surface area contributed by atoms with Crippen LogP contribution in [0, 0.1) is 6.92 Å². The number of benzene rings is 1. The molecule has 4 rings (SSSR count). The third-order valence-corrected chi connectivity index (χ3v) is 4.67. The number of H-pyrrole nitrogens is 1. The molecule has 4 aromatic rings. The quantitative estimate of drug-likeness (QED) is 0.560. The summed E-state index contributed by atoms with van der Waals surface area (Å²) in [6.45, 7) is 2.22. The fourth-order valence-electron chi connectivity index (χ4n) is 2.57. The summed E-state index contributed by atoms with van der Waals surface area (Å²) in [5.74, 6) is 0.389. The number of thiazole rings is 1. The largest absolute Gasteiger partial charge is 0.359 e. The van der Waals surface area contributed by atoms with Gasteiger partial charge >= 0.3 is 0 Å². The van der Waals surface area contributed by atoms with Crippen molar-refractivity contribution in [2.75, 3.05) is 0 Å². The maximum Gasteiger partial charge on any atom is 0.268 e. The molecule has 1 aromatic carbocycles. The number of amides is 1. The summed E-state index contributed by atoms with van der Waals surface area (Å²) in [6.07, 6.45) is 1.78. The standard InChI is InChI=1S/C19H16N4O2S/c1-12-22-18(11-26-12)14-7-17(20-9-14)19(24)21-10-15-8-16(23-25-15)13-5-3-2-4-6-13/h2-9,11,20H,10H2,1H3,(H,21,24). The summed E-state index contributed by atoms with van der Waals surface area (Å²) >= 11 is 1.58. The average molecular weight is 364 g/mol. The van der Waals surface area contributed by atoms with Crippen LogP contribution >= 0.6 is 11.3 Å². The highest BCUT2D eigenvalue weighted by atomic mass is 32.1. The zero-order valence-corrected chi connectivity index (χ0v) is 14.8. The highest BCUT2D eigenvalue weighted by Gasteiger charge is 2.12. The Morgan fingerprint density at radius 3 is 2.81 bits per heavy atom. The monoisotopic (exact) mass is 364 g/mol. The molecule has 1 amide bonds. The Hall–Kier alpha value is -3.19. The van der Waals surface area contributed by atoms with E-state index in [1.165, 1.54) is 0 Å². The molecular weight excluding hydrogens is 348 g/mol. The van der Waals surface area contributed by atoms with E-state index in [-0.39, 0.29) is 12.5 Å². The first-order valence-electron chi connectivity index (χ1n) is 8.09. The first-order chi connectivity index (χ1) is 12.7. The average Bonchev–Trinajstić information content (AvgIpc) is 3.40. The van der Waals surface area contributed by atoms with Crippen LogP contribution in [0.4, 0.5) is 0 Å². The Labute approximate surface area is 153 Å². The van der Waals surface area contributed by atoms with E-state index in [1.54, 1.807) is 23.6 Å². The Kier molecular flexibility index (Phi) is 4.37. The van der Waals surface area contributed by atoms with Crippen molar-refractivity contribution in [3.8, 4) is 22.5 Å². The molecule has 2 N–H and O–H groups in total. The van der Waals surface area contributed by atoms with E-state index >= 15 is 0 Å². The predicted molar refractivity (Wildman–Crippen MR) is 99.7 cm³/mol. The van der Waals surface area contributed by atoms with Gasteiger partial charge in [0, 0.05) is 28.8 Å². The minimum absolute atomic E-state index is 0.208. The minimum atomic E-state index is -0.208. The van der Waals surface area contributed by atoms with Crippen LogP contribution in [0.5, 0.6) is 0 Å². The summed E-state index contributed by atoms with van der Waals surface area (Å²) < 4.78 is 5.30. The normalized spacial score (nSPS) is 10.8. The van der Waals surface area contributed by atoms with Gasteiger partial charge in [-0.2, -0.15) is 0 Å². The molecule has 0 saturated carbocycles. The summed E-state index contributed by atoms with van der Waals surface area (Å²) in [5, 5.41) is 9.83. The van der Waals surface area contributed by atoms with Crippen LogP contribution in [0.15, 0.2) is 58.6 Å². The smallest absolute Gasteiger partial charge is 0.268 e. The van der Waals surface area contributed by atoms with Crippen molar-refractivity contribution in [2.45, 2.75) is 13.5 Å². The number of aryl methyl sites for hydroxylation is 1. The number of aromatic nitrogens is 3. The SMILES string of the molecule is Cc1nc(-c2c[nH]c(C(=O)NCc3cc(-c4ccccc4)no3)c2)cs1. The van der Waals surface area contributed by atoms with E-state index in [0.717, 1.165) is 27.5 Å². The molecule has 0 atom stereocenters. The first kappa shape index (κ1) is 16.3. The molecule has 130 valence electrons. The van der Waals surface area contributed by atoms with Crippen LogP contribution in [0.1, 0.15) is 21.3 Å². The molecule has 0 fully saturated rings. The van der Waals surface area contributed by atoms with Crippen molar-refractivity contribution in [1.29, 1.82) is 0 Å². The van der Waals surface area contributed by atoms with Crippen LogP contribution in [0.3, 0.4) is 0 Å². The second kappa shape index (κ2) is 6.97. The third-order valence-electron chi connectivity index (χ3n) is 3.89. The van der Waals surface area contributed by atoms with Crippen molar-refractivity contribution in [3.05, 3.63) is 70.5 Å². The van der Waals surface area contributed by atoms with Crippen molar-refractivity contribution in [3.63, 3.8) is 0 Å². The van der Waals surface area contributed by atoms with Gasteiger partial charge in [-0.1, -0.05) is 35.5 Å². The molecule has 6 nitrogen and oxygen atoms in total. The maximum absolute atomic E-state index is 12.3. The van der Waals surface area contributed by atoms with Gasteiger partial charge in [0.15, 0.2) is 5.76 Å². The Morgan fingerprint density at radius 2 is 2.04 bits per heavy atom. The maximum atomic E-state index is 12.3. The fourth-order valence-corrected chi connectivity index (χ4v) is 3.20. The number of carbonyl (C=O) groups is 1. The number of nitrogens with one attached hydrogen (secondary N) is 2. The molecule has 3 aromatic heterocycles. The zero-order valence-electron chi connectivity index (χ0n) is 14.0. The van der Waals surface area contributed by atoms with E-state index in [9.17, 15) is 4.79 Å². The van der Waals surface area contributed by atoms with Crippen molar-refractivity contribution >= 4 is 17.2 Å². The first-order valence-corrected chi connectivity index (χ1v) is 8.97. The lowest BCUT2D eigenvalue weighted by Gasteiger charge is -1.99. The highest BCUT2D eigenvalue weighted by Crippen LogP contribution is 2.22. The zero-order chi connectivity index (χ0) is 17.9. The van der Waals surface area contributed by atoms with Crippen molar-refractivity contribution in [1.82, 2.24) is 20.4 Å². The molecule has 0 aliphatic heterocycles. The van der Waals surface area contributed by atoms with E-state index in [0.29, 0.717) is 11.5 Å². The van der Waals surface area contributed by atoms with Gasteiger partial charge in [0.05, 0.1) is 17.2 Å². The van der Waals surface area contributed by atoms with E-state index in [1.807, 2.05) is 48.7 Å². The molecule has 0 aliphatic rings. The number of hydrogen-bond donors (Lipinski definition) is 2. The Morgan fingerprint density at radius 1 is 1.19 bits per heavy atom. The number of rotatable bonds is 5. The van der Waals surface area contributed by atoms with Gasteiger partial charge in [0.1, 0.15) is 11.4 Å². The summed E-state index contributed by atoms with van der Waals surface area (Å²) in [6, 6.07) is 13.4. The molecule has 26 heavy (non-hydrogen) atoms. The Bertz CT molecular complexity index is 1030. The summed E-state index contributed by atoms with van der Waals surface area (Å²) in [5.41, 5.74) is 3.96. The second-order valence-corrected chi connectivity index (χ2v) is 6.84. The van der Waals surface area contributed by atoms with Gasteiger partial charge in [-0.3, -0.25) is 4.79 Å². The van der Waals surface area contributed by atoms with Gasteiger partial charge in [-0.25, -0.2) is 4.98 Å². The Balaban J connectivity index is 1.40. The fraction of sp³-hybridized carbons (Fsp3) is 0.105. The summed E-state index contributed by atoms with van der Waals surface area (Å²) in [4.78, 5) is 19.7. The highest BCUT2D eigenvalue weighted by molar-refractivity contribution is 7.09.